The Labute approximate surface area is 110 Å². The molecular formula is C13H18F2N2O2. The van der Waals surface area contributed by atoms with Gasteiger partial charge in [-0.3, -0.25) is 4.79 Å². The van der Waals surface area contributed by atoms with E-state index in [1.165, 1.54) is 0 Å². The molecule has 19 heavy (non-hydrogen) atoms. The first-order valence-corrected chi connectivity index (χ1v) is 6.40. The van der Waals surface area contributed by atoms with Crippen LogP contribution in [0.3, 0.4) is 0 Å². The first-order valence-electron chi connectivity index (χ1n) is 6.40. The smallest absolute Gasteiger partial charge is 0.261 e. The first-order chi connectivity index (χ1) is 9.09. The summed E-state index contributed by atoms with van der Waals surface area (Å²) >= 11 is 0. The fourth-order valence-corrected chi connectivity index (χ4v) is 2.40. The third-order valence-corrected chi connectivity index (χ3v) is 3.37. The van der Waals surface area contributed by atoms with E-state index >= 15 is 0 Å². The lowest BCUT2D eigenvalue weighted by molar-refractivity contribution is -0.136. The van der Waals surface area contributed by atoms with Crippen LogP contribution in [0.2, 0.25) is 0 Å². The molecule has 0 N–H and O–H groups in total. The average molecular weight is 272 g/mol. The number of hydrogen-bond donors (Lipinski definition) is 0. The van der Waals surface area contributed by atoms with E-state index in [1.807, 2.05) is 25.3 Å². The number of ether oxygens (including phenoxy) is 1. The van der Waals surface area contributed by atoms with Crippen LogP contribution in [0.1, 0.15) is 25.1 Å². The van der Waals surface area contributed by atoms with Crippen LogP contribution in [-0.4, -0.2) is 41.6 Å². The molecule has 4 nitrogen and oxygen atoms in total. The summed E-state index contributed by atoms with van der Waals surface area (Å²) in [5, 5.41) is 0. The Balaban J connectivity index is 1.84. The SMILES string of the molecule is C[C@@H]1c2cccn2CCN1C(=O)CCOCC(F)F. The Bertz CT molecular complexity index is 434. The molecule has 0 fully saturated rings. The third-order valence-electron chi connectivity index (χ3n) is 3.37. The summed E-state index contributed by atoms with van der Waals surface area (Å²) in [6, 6.07) is 3.98. The van der Waals surface area contributed by atoms with E-state index in [9.17, 15) is 13.6 Å². The van der Waals surface area contributed by atoms with E-state index in [4.69, 9.17) is 4.74 Å². The van der Waals surface area contributed by atoms with Crippen molar-refractivity contribution in [1.82, 2.24) is 9.47 Å². The summed E-state index contributed by atoms with van der Waals surface area (Å²) < 4.78 is 30.6. The number of alkyl halides is 2. The molecule has 1 atom stereocenters. The largest absolute Gasteiger partial charge is 0.375 e. The number of aromatic nitrogens is 1. The summed E-state index contributed by atoms with van der Waals surface area (Å²) in [5.41, 5.74) is 1.10. The van der Waals surface area contributed by atoms with Gasteiger partial charge >= 0.3 is 0 Å². The van der Waals surface area contributed by atoms with Gasteiger partial charge in [0.25, 0.3) is 6.43 Å². The second-order valence-corrected chi connectivity index (χ2v) is 4.61. The van der Waals surface area contributed by atoms with E-state index < -0.39 is 13.0 Å². The number of hydrogen-bond acceptors (Lipinski definition) is 2. The van der Waals surface area contributed by atoms with Crippen molar-refractivity contribution in [3.05, 3.63) is 24.0 Å². The van der Waals surface area contributed by atoms with E-state index in [1.54, 1.807) is 4.90 Å². The quantitative estimate of drug-likeness (QED) is 0.769. The highest BCUT2D eigenvalue weighted by Gasteiger charge is 2.26. The van der Waals surface area contributed by atoms with Crippen molar-refractivity contribution >= 4 is 5.91 Å². The number of amides is 1. The lowest BCUT2D eigenvalue weighted by Gasteiger charge is -2.35. The van der Waals surface area contributed by atoms with Gasteiger partial charge in [0.05, 0.1) is 19.1 Å². The van der Waals surface area contributed by atoms with Crippen LogP contribution in [0.25, 0.3) is 0 Å². The van der Waals surface area contributed by atoms with E-state index in [-0.39, 0.29) is 25.0 Å². The molecule has 1 aromatic rings. The monoisotopic (exact) mass is 272 g/mol. The number of carbonyl (C=O) groups is 1. The summed E-state index contributed by atoms with van der Waals surface area (Å²) in [5.74, 6) is -0.0470. The van der Waals surface area contributed by atoms with Crippen LogP contribution in [0.5, 0.6) is 0 Å². The fraction of sp³-hybridized carbons (Fsp3) is 0.615. The molecule has 0 aromatic carbocycles. The highest BCUT2D eigenvalue weighted by molar-refractivity contribution is 5.76. The van der Waals surface area contributed by atoms with Crippen LogP contribution >= 0.6 is 0 Å². The molecule has 1 amide bonds. The normalized spacial score (nSPS) is 18.7. The molecule has 106 valence electrons. The van der Waals surface area contributed by atoms with Crippen LogP contribution in [0, 0.1) is 0 Å². The third kappa shape index (κ3) is 3.32. The Kier molecular flexibility index (Phi) is 4.52. The van der Waals surface area contributed by atoms with Gasteiger partial charge < -0.3 is 14.2 Å². The van der Waals surface area contributed by atoms with Crippen LogP contribution in [0.15, 0.2) is 18.3 Å². The molecule has 1 aliphatic heterocycles. The van der Waals surface area contributed by atoms with Gasteiger partial charge in [0.1, 0.15) is 6.61 Å². The maximum atomic E-state index is 12.0. The Morgan fingerprint density at radius 3 is 3.05 bits per heavy atom. The Morgan fingerprint density at radius 2 is 2.32 bits per heavy atom. The molecule has 1 aliphatic rings. The Hall–Kier alpha value is -1.43. The van der Waals surface area contributed by atoms with Crippen molar-refractivity contribution in [3.63, 3.8) is 0 Å². The van der Waals surface area contributed by atoms with E-state index in [0.29, 0.717) is 6.54 Å². The standard InChI is InChI=1S/C13H18F2N2O2/c1-10-11-3-2-5-16(11)6-7-17(10)13(18)4-8-19-9-12(14)15/h2-3,5,10,12H,4,6-9H2,1H3/t10-/m1/s1. The van der Waals surface area contributed by atoms with Gasteiger partial charge in [-0.25, -0.2) is 8.78 Å². The first kappa shape index (κ1) is 14.0. The molecule has 0 saturated carbocycles. The number of nitrogens with zero attached hydrogens (tertiary/aromatic N) is 2. The van der Waals surface area contributed by atoms with Gasteiger partial charge in [-0.15, -0.1) is 0 Å². The predicted octanol–water partition coefficient (Wildman–Crippen LogP) is 2.06. The van der Waals surface area contributed by atoms with Gasteiger partial charge in [0, 0.05) is 25.0 Å². The second kappa shape index (κ2) is 6.14. The van der Waals surface area contributed by atoms with Gasteiger partial charge in [0.15, 0.2) is 0 Å². The van der Waals surface area contributed by atoms with Gasteiger partial charge in [-0.2, -0.15) is 0 Å². The van der Waals surface area contributed by atoms with Crippen molar-refractivity contribution in [2.24, 2.45) is 0 Å². The number of fused-ring (bicyclic) bond motifs is 1. The number of carbonyl (C=O) groups excluding carboxylic acids is 1. The summed E-state index contributed by atoms with van der Waals surface area (Å²) in [6.07, 6.45) is -0.329. The number of halogens is 2. The average Bonchev–Trinajstić information content (AvgIpc) is 2.83. The summed E-state index contributed by atoms with van der Waals surface area (Å²) in [7, 11) is 0. The number of rotatable bonds is 5. The molecule has 6 heteroatoms. The minimum absolute atomic E-state index is 0.0198. The van der Waals surface area contributed by atoms with Crippen LogP contribution in [0.4, 0.5) is 8.78 Å². The van der Waals surface area contributed by atoms with Gasteiger partial charge in [0.2, 0.25) is 5.91 Å². The molecular weight excluding hydrogens is 254 g/mol. The fourth-order valence-electron chi connectivity index (χ4n) is 2.40. The Morgan fingerprint density at radius 1 is 1.53 bits per heavy atom. The highest BCUT2D eigenvalue weighted by atomic mass is 19.3. The molecule has 2 rings (SSSR count). The lowest BCUT2D eigenvalue weighted by atomic mass is 10.1. The second-order valence-electron chi connectivity index (χ2n) is 4.61. The van der Waals surface area contributed by atoms with E-state index in [0.717, 1.165) is 12.2 Å². The molecule has 0 spiro atoms. The summed E-state index contributed by atoms with van der Waals surface area (Å²) in [4.78, 5) is 13.8. The van der Waals surface area contributed by atoms with Crippen molar-refractivity contribution in [2.75, 3.05) is 19.8 Å². The highest BCUT2D eigenvalue weighted by Crippen LogP contribution is 2.25. The van der Waals surface area contributed by atoms with Crippen molar-refractivity contribution in [1.29, 1.82) is 0 Å². The van der Waals surface area contributed by atoms with Gasteiger partial charge in [-0.05, 0) is 19.1 Å². The molecule has 0 aliphatic carbocycles. The lowest BCUT2D eigenvalue weighted by Crippen LogP contribution is -2.41. The van der Waals surface area contributed by atoms with Crippen LogP contribution < -0.4 is 0 Å². The molecule has 2 heterocycles. The zero-order chi connectivity index (χ0) is 13.8. The topological polar surface area (TPSA) is 34.5 Å². The zero-order valence-electron chi connectivity index (χ0n) is 10.9. The zero-order valence-corrected chi connectivity index (χ0v) is 10.9. The van der Waals surface area contributed by atoms with Gasteiger partial charge in [-0.1, -0.05) is 0 Å². The molecule has 1 aromatic heterocycles. The minimum atomic E-state index is -2.48. The van der Waals surface area contributed by atoms with E-state index in [2.05, 4.69) is 4.57 Å². The molecule has 0 bridgehead atoms. The van der Waals surface area contributed by atoms with Crippen LogP contribution in [-0.2, 0) is 16.1 Å². The summed E-state index contributed by atoms with van der Waals surface area (Å²) in [6.45, 7) is 2.84. The molecule has 0 saturated heterocycles. The van der Waals surface area contributed by atoms with Crippen molar-refractivity contribution in [2.45, 2.75) is 32.4 Å². The maximum Gasteiger partial charge on any atom is 0.261 e. The molecule has 0 unspecified atom stereocenters. The van der Waals surface area contributed by atoms with Crippen molar-refractivity contribution < 1.29 is 18.3 Å². The minimum Gasteiger partial charge on any atom is -0.375 e. The maximum absolute atomic E-state index is 12.0. The predicted molar refractivity (Wildman–Crippen MR) is 66.0 cm³/mol. The van der Waals surface area contributed by atoms with Crippen molar-refractivity contribution in [3.8, 4) is 0 Å². The molecule has 0 radical (unpaired) electrons.